The van der Waals surface area contributed by atoms with E-state index in [-0.39, 0.29) is 17.7 Å². The standard InChI is InChI=1S/C15H22N2O2/c1-12(13-7-3-4-8-14(13)18)16(2)11-15(19)17-9-5-6-10-17/h3-4,7-8,12,18H,5-6,9-11H2,1-2H3. The van der Waals surface area contributed by atoms with Gasteiger partial charge in [-0.25, -0.2) is 0 Å². The first kappa shape index (κ1) is 13.9. The molecule has 0 saturated carbocycles. The Morgan fingerprint density at radius 1 is 1.37 bits per heavy atom. The second kappa shape index (κ2) is 6.06. The molecule has 0 aliphatic carbocycles. The number of para-hydroxylation sites is 1. The van der Waals surface area contributed by atoms with Gasteiger partial charge in [0.15, 0.2) is 0 Å². The van der Waals surface area contributed by atoms with Crippen LogP contribution in [0, 0.1) is 0 Å². The monoisotopic (exact) mass is 262 g/mol. The van der Waals surface area contributed by atoms with Crippen LogP contribution in [0.4, 0.5) is 0 Å². The van der Waals surface area contributed by atoms with Crippen LogP contribution in [0.5, 0.6) is 5.75 Å². The maximum Gasteiger partial charge on any atom is 0.236 e. The molecule has 0 spiro atoms. The van der Waals surface area contributed by atoms with E-state index >= 15 is 0 Å². The summed E-state index contributed by atoms with van der Waals surface area (Å²) in [6, 6.07) is 7.31. The molecule has 1 aliphatic heterocycles. The zero-order valence-electron chi connectivity index (χ0n) is 11.7. The number of hydrogen-bond acceptors (Lipinski definition) is 3. The van der Waals surface area contributed by atoms with Crippen molar-refractivity contribution in [3.05, 3.63) is 29.8 Å². The predicted octanol–water partition coefficient (Wildman–Crippen LogP) is 2.01. The summed E-state index contributed by atoms with van der Waals surface area (Å²) in [5.74, 6) is 0.470. The first-order chi connectivity index (χ1) is 9.09. The molecule has 0 bridgehead atoms. The summed E-state index contributed by atoms with van der Waals surface area (Å²) in [7, 11) is 1.92. The van der Waals surface area contributed by atoms with Gasteiger partial charge < -0.3 is 10.0 Å². The van der Waals surface area contributed by atoms with Crippen LogP contribution >= 0.6 is 0 Å². The predicted molar refractivity (Wildman–Crippen MR) is 75.0 cm³/mol. The minimum Gasteiger partial charge on any atom is -0.508 e. The highest BCUT2D eigenvalue weighted by molar-refractivity contribution is 5.78. The van der Waals surface area contributed by atoms with Crippen molar-refractivity contribution < 1.29 is 9.90 Å². The van der Waals surface area contributed by atoms with E-state index in [9.17, 15) is 9.90 Å². The summed E-state index contributed by atoms with van der Waals surface area (Å²) < 4.78 is 0. The number of likely N-dealkylation sites (tertiary alicyclic amines) is 1. The average molecular weight is 262 g/mol. The Bertz CT molecular complexity index is 442. The van der Waals surface area contributed by atoms with Gasteiger partial charge in [0.05, 0.1) is 6.54 Å². The summed E-state index contributed by atoms with van der Waals surface area (Å²) in [5, 5.41) is 9.85. The largest absolute Gasteiger partial charge is 0.508 e. The van der Waals surface area contributed by atoms with Gasteiger partial charge in [-0.3, -0.25) is 9.69 Å². The topological polar surface area (TPSA) is 43.8 Å². The molecular formula is C15H22N2O2. The maximum atomic E-state index is 12.1. The van der Waals surface area contributed by atoms with Crippen molar-refractivity contribution in [2.24, 2.45) is 0 Å². The summed E-state index contributed by atoms with van der Waals surface area (Å²) in [4.78, 5) is 16.0. The van der Waals surface area contributed by atoms with E-state index in [0.717, 1.165) is 31.5 Å². The van der Waals surface area contributed by atoms with E-state index in [4.69, 9.17) is 0 Å². The summed E-state index contributed by atoms with van der Waals surface area (Å²) in [6.07, 6.45) is 2.23. The Labute approximate surface area is 114 Å². The number of likely N-dealkylation sites (N-methyl/N-ethyl adjacent to an activating group) is 1. The van der Waals surface area contributed by atoms with Crippen molar-refractivity contribution in [1.82, 2.24) is 9.80 Å². The van der Waals surface area contributed by atoms with Gasteiger partial charge in [-0.05, 0) is 32.9 Å². The number of nitrogens with zero attached hydrogens (tertiary/aromatic N) is 2. The molecule has 2 rings (SSSR count). The summed E-state index contributed by atoms with van der Waals surface area (Å²) in [5.41, 5.74) is 0.860. The number of phenolic OH excluding ortho intramolecular Hbond substituents is 1. The van der Waals surface area contributed by atoms with E-state index in [1.165, 1.54) is 0 Å². The number of phenols is 1. The van der Waals surface area contributed by atoms with Crippen molar-refractivity contribution in [1.29, 1.82) is 0 Å². The Kier molecular flexibility index (Phi) is 4.43. The van der Waals surface area contributed by atoms with Crippen molar-refractivity contribution in [3.8, 4) is 5.75 Å². The molecule has 1 aromatic carbocycles. The average Bonchev–Trinajstić information content (AvgIpc) is 2.92. The Morgan fingerprint density at radius 3 is 2.63 bits per heavy atom. The Hall–Kier alpha value is -1.55. The molecule has 0 radical (unpaired) electrons. The van der Waals surface area contributed by atoms with E-state index in [0.29, 0.717) is 6.54 Å². The lowest BCUT2D eigenvalue weighted by Gasteiger charge is -2.27. The number of carbonyl (C=O) groups is 1. The quantitative estimate of drug-likeness (QED) is 0.902. The van der Waals surface area contributed by atoms with Gasteiger partial charge in [0.2, 0.25) is 5.91 Å². The highest BCUT2D eigenvalue weighted by Crippen LogP contribution is 2.27. The third kappa shape index (κ3) is 3.26. The molecule has 4 nitrogen and oxygen atoms in total. The van der Waals surface area contributed by atoms with Gasteiger partial charge in [-0.1, -0.05) is 18.2 Å². The van der Waals surface area contributed by atoms with Crippen LogP contribution in [-0.2, 0) is 4.79 Å². The Balaban J connectivity index is 1.97. The smallest absolute Gasteiger partial charge is 0.236 e. The summed E-state index contributed by atoms with van der Waals surface area (Å²) >= 11 is 0. The molecule has 1 atom stereocenters. The fourth-order valence-corrected chi connectivity index (χ4v) is 2.50. The van der Waals surface area contributed by atoms with Gasteiger partial charge in [-0.15, -0.1) is 0 Å². The molecule has 1 unspecified atom stereocenters. The van der Waals surface area contributed by atoms with E-state index < -0.39 is 0 Å². The molecule has 1 N–H and O–H groups in total. The minimum absolute atomic E-state index is 0.0211. The zero-order chi connectivity index (χ0) is 13.8. The van der Waals surface area contributed by atoms with E-state index in [1.54, 1.807) is 12.1 Å². The van der Waals surface area contributed by atoms with Crippen LogP contribution in [0.15, 0.2) is 24.3 Å². The van der Waals surface area contributed by atoms with Crippen LogP contribution in [-0.4, -0.2) is 47.5 Å². The molecule has 1 saturated heterocycles. The zero-order valence-corrected chi connectivity index (χ0v) is 11.7. The molecule has 4 heteroatoms. The maximum absolute atomic E-state index is 12.1. The third-order valence-electron chi connectivity index (χ3n) is 3.89. The first-order valence-corrected chi connectivity index (χ1v) is 6.85. The minimum atomic E-state index is 0.0211. The molecule has 1 aliphatic rings. The Morgan fingerprint density at radius 2 is 2.00 bits per heavy atom. The van der Waals surface area contributed by atoms with Gasteiger partial charge >= 0.3 is 0 Å². The van der Waals surface area contributed by atoms with Gasteiger partial charge in [-0.2, -0.15) is 0 Å². The number of amides is 1. The van der Waals surface area contributed by atoms with E-state index in [1.807, 2.05) is 35.9 Å². The number of aromatic hydroxyl groups is 1. The summed E-state index contributed by atoms with van der Waals surface area (Å²) in [6.45, 7) is 4.18. The highest BCUT2D eigenvalue weighted by Gasteiger charge is 2.22. The number of benzene rings is 1. The second-order valence-electron chi connectivity index (χ2n) is 5.24. The van der Waals surface area contributed by atoms with Crippen LogP contribution in [0.25, 0.3) is 0 Å². The number of rotatable bonds is 4. The SMILES string of the molecule is CC(c1ccccc1O)N(C)CC(=O)N1CCCC1. The number of carbonyl (C=O) groups excluding carboxylic acids is 1. The molecule has 104 valence electrons. The molecule has 0 aromatic heterocycles. The molecule has 19 heavy (non-hydrogen) atoms. The normalized spacial score (nSPS) is 16.9. The van der Waals surface area contributed by atoms with Crippen molar-refractivity contribution in [2.75, 3.05) is 26.7 Å². The lowest BCUT2D eigenvalue weighted by Crippen LogP contribution is -2.38. The van der Waals surface area contributed by atoms with Crippen molar-refractivity contribution >= 4 is 5.91 Å². The molecular weight excluding hydrogens is 240 g/mol. The highest BCUT2D eigenvalue weighted by atomic mass is 16.3. The molecule has 1 fully saturated rings. The number of hydrogen-bond donors (Lipinski definition) is 1. The van der Waals surface area contributed by atoms with Gasteiger partial charge in [0.25, 0.3) is 0 Å². The second-order valence-corrected chi connectivity index (χ2v) is 5.24. The van der Waals surface area contributed by atoms with Crippen LogP contribution in [0.1, 0.15) is 31.4 Å². The first-order valence-electron chi connectivity index (χ1n) is 6.85. The fourth-order valence-electron chi connectivity index (χ4n) is 2.50. The molecule has 1 amide bonds. The fraction of sp³-hybridized carbons (Fsp3) is 0.533. The van der Waals surface area contributed by atoms with Crippen LogP contribution in [0.3, 0.4) is 0 Å². The van der Waals surface area contributed by atoms with Crippen molar-refractivity contribution in [2.45, 2.75) is 25.8 Å². The van der Waals surface area contributed by atoms with Gasteiger partial charge in [0, 0.05) is 24.7 Å². The van der Waals surface area contributed by atoms with Crippen LogP contribution in [0.2, 0.25) is 0 Å². The third-order valence-corrected chi connectivity index (χ3v) is 3.89. The van der Waals surface area contributed by atoms with Gasteiger partial charge in [0.1, 0.15) is 5.75 Å². The molecule has 1 aromatic rings. The molecule has 1 heterocycles. The van der Waals surface area contributed by atoms with E-state index in [2.05, 4.69) is 0 Å². The van der Waals surface area contributed by atoms with Crippen molar-refractivity contribution in [3.63, 3.8) is 0 Å². The lowest BCUT2D eigenvalue weighted by molar-refractivity contribution is -0.131. The lowest BCUT2D eigenvalue weighted by atomic mass is 10.1. The van der Waals surface area contributed by atoms with Crippen LogP contribution < -0.4 is 0 Å².